The fourth-order valence-electron chi connectivity index (χ4n) is 12.8. The molecule has 612 valence electrons. The molecule has 12 aromatic rings. The van der Waals surface area contributed by atoms with Gasteiger partial charge in [0.2, 0.25) is 20.0 Å². The van der Waals surface area contributed by atoms with E-state index in [2.05, 4.69) is 225 Å². The Labute approximate surface area is 749 Å². The molecule has 6 aromatic carbocycles. The van der Waals surface area contributed by atoms with Crippen molar-refractivity contribution < 1.29 is 31.3 Å². The molecule has 3 unspecified atom stereocenters. The van der Waals surface area contributed by atoms with Crippen molar-refractivity contribution in [3.05, 3.63) is 328 Å². The van der Waals surface area contributed by atoms with Crippen molar-refractivity contribution in [3.63, 3.8) is 0 Å². The van der Waals surface area contributed by atoms with E-state index in [1.54, 1.807) is 102 Å². The number of pyridine rings is 6. The van der Waals surface area contributed by atoms with Crippen LogP contribution in [0.1, 0.15) is 126 Å². The monoisotopic (exact) mass is 2080 g/mol. The number of alkyl halides is 1. The summed E-state index contributed by atoms with van der Waals surface area (Å²) in [5, 5.41) is 12.4. The van der Waals surface area contributed by atoms with Crippen molar-refractivity contribution >= 4 is 181 Å². The van der Waals surface area contributed by atoms with Gasteiger partial charge in [-0.05, 0) is 282 Å². The Morgan fingerprint density at radius 2 is 0.744 bits per heavy atom. The Kier molecular flexibility index (Phi) is 37.2. The molecule has 15 rings (SSSR count). The number of aromatic nitrogens is 6. The topological polar surface area (TPSA) is 209 Å². The van der Waals surface area contributed by atoms with Crippen LogP contribution in [0.25, 0.3) is 11.1 Å². The Morgan fingerprint density at radius 1 is 0.427 bits per heavy atom. The lowest BCUT2D eigenvalue weighted by molar-refractivity contribution is 0.00578. The normalized spacial score (nSPS) is 15.1. The van der Waals surface area contributed by atoms with Crippen LogP contribution in [0.4, 0.5) is 34.1 Å². The van der Waals surface area contributed by atoms with Crippen LogP contribution in [-0.4, -0.2) is 105 Å². The van der Waals surface area contributed by atoms with Gasteiger partial charge in [0.25, 0.3) is 0 Å². The summed E-state index contributed by atoms with van der Waals surface area (Å²) < 4.78 is 69.2. The molecule has 3 saturated heterocycles. The van der Waals surface area contributed by atoms with Crippen LogP contribution in [0.5, 0.6) is 0 Å². The predicted octanol–water partition coefficient (Wildman–Crippen LogP) is 24.8. The van der Waals surface area contributed by atoms with Gasteiger partial charge in [-0.25, -0.2) is 16.8 Å². The Bertz CT molecular complexity index is 5030. The highest BCUT2D eigenvalue weighted by Gasteiger charge is 2.52. The number of anilines is 6. The van der Waals surface area contributed by atoms with Crippen LogP contribution in [0.2, 0.25) is 0 Å². The molecular weight excluding hydrogens is 1990 g/mol. The summed E-state index contributed by atoms with van der Waals surface area (Å²) in [5.74, 6) is 0. The number of rotatable bonds is 18. The number of aliphatic hydroxyl groups is 1. The van der Waals surface area contributed by atoms with Crippen LogP contribution < -0.4 is 20.6 Å². The van der Waals surface area contributed by atoms with Crippen molar-refractivity contribution in [1.29, 1.82) is 0 Å². The van der Waals surface area contributed by atoms with E-state index in [9.17, 15) is 21.9 Å². The Balaban J connectivity index is 0.000000168. The van der Waals surface area contributed by atoms with Crippen molar-refractivity contribution in [2.45, 2.75) is 125 Å². The Morgan fingerprint density at radius 3 is 1.06 bits per heavy atom. The van der Waals surface area contributed by atoms with Gasteiger partial charge in [0, 0.05) is 81.6 Å². The van der Waals surface area contributed by atoms with Gasteiger partial charge >= 0.3 is 7.12 Å². The van der Waals surface area contributed by atoms with Gasteiger partial charge in [-0.3, -0.25) is 29.9 Å². The minimum atomic E-state index is -3.44. The van der Waals surface area contributed by atoms with E-state index in [-0.39, 0.29) is 16.1 Å². The van der Waals surface area contributed by atoms with Crippen LogP contribution in [0.3, 0.4) is 0 Å². The molecule has 0 bridgehead atoms. The first-order chi connectivity index (χ1) is 56.1. The van der Waals surface area contributed by atoms with Crippen LogP contribution >= 0.6 is 114 Å². The second-order valence-electron chi connectivity index (χ2n) is 28.1. The summed E-state index contributed by atoms with van der Waals surface area (Å²) >= 11 is 23.5. The Hall–Kier alpha value is -6.83. The smallest absolute Gasteiger partial charge is 0.399 e. The standard InChI is InChI=1S/C28H28N4O2S.C18H16BrN3.C16H24BNO4S.C10H9N3.C8H8Br2.C8H9BrO.Br3P/c1-22(32(24-8-6-16-29-20-24)25-9-7-17-30-21-25)27-10-2-3-11-28(27)23-12-14-26(15-13-23)35(33,34)31-18-4-5-19-31;1-14(17-8-2-3-9-18(17)19)22(15-6-4-10-20-12-15)16-7-5-11-21-13-16;1-15(2)16(3,4)22-17(21-15)13-7-9-14(10-8-13)23(19,20)18-11-5-6-12-18;1-3-9(7-11-5-1)13-10-4-2-6-12-8-10;1-6(9)7-4-2-3-5-8(7)10;1-6(10)7-4-2-3-5-8(7)9;1-4(2)3/h2-3,6-17,20-22H,4-5,18-19H2,1H3;2-14H,1H3;7-10H,5-6,11-12H2,1-4H3;1-8,13H;2-6H,1H3;2-6,10H,1H3;/t;;;;;6-;/m.....0./s1. The predicted molar refractivity (Wildman–Crippen MR) is 504 cm³/mol. The highest BCUT2D eigenvalue weighted by atomic mass is 80.0. The average molecular weight is 2080 g/mol. The zero-order valence-electron chi connectivity index (χ0n) is 66.0. The van der Waals surface area contributed by atoms with Gasteiger partial charge < -0.3 is 29.5 Å². The van der Waals surface area contributed by atoms with Gasteiger partial charge in [-0.2, -0.15) is 8.61 Å². The van der Waals surface area contributed by atoms with Gasteiger partial charge in [-0.15, -0.1) is 0 Å². The number of hydrogen-bond donors (Lipinski definition) is 2. The lowest BCUT2D eigenvalue weighted by Gasteiger charge is -2.32. The first kappa shape index (κ1) is 94.0. The number of benzene rings is 6. The molecule has 0 aliphatic carbocycles. The molecule has 0 radical (unpaired) electrons. The summed E-state index contributed by atoms with van der Waals surface area (Å²) in [6, 6.07) is 70.3. The molecule has 3 fully saturated rings. The van der Waals surface area contributed by atoms with Crippen molar-refractivity contribution in [2.75, 3.05) is 41.3 Å². The van der Waals surface area contributed by atoms with E-state index >= 15 is 0 Å². The lowest BCUT2D eigenvalue weighted by Crippen LogP contribution is -2.41. The fourth-order valence-corrected chi connectivity index (χ4v) is 18.4. The molecule has 117 heavy (non-hydrogen) atoms. The first-order valence-electron chi connectivity index (χ1n) is 37.8. The molecule has 9 heterocycles. The maximum atomic E-state index is 13.0. The largest absolute Gasteiger partial charge is 0.494 e. The van der Waals surface area contributed by atoms with E-state index in [1.807, 2.05) is 186 Å². The van der Waals surface area contributed by atoms with Gasteiger partial charge in [0.1, 0.15) is 4.03 Å². The number of aliphatic hydroxyl groups excluding tert-OH is 1. The zero-order valence-corrected chi connectivity index (χ0v) is 79.7. The molecule has 4 atom stereocenters. The molecule has 0 amide bonds. The summed E-state index contributed by atoms with van der Waals surface area (Å²) in [5.41, 5.74) is 12.6. The third-order valence-electron chi connectivity index (χ3n) is 19.5. The van der Waals surface area contributed by atoms with E-state index in [0.29, 0.717) is 40.8 Å². The molecule has 0 saturated carbocycles. The zero-order chi connectivity index (χ0) is 84.1. The van der Waals surface area contributed by atoms with Gasteiger partial charge in [-0.1, -0.05) is 167 Å². The number of nitrogens with one attached hydrogen (secondary N) is 1. The van der Waals surface area contributed by atoms with Gasteiger partial charge in [0.05, 0.1) is 110 Å². The number of hydrogen-bond acceptors (Lipinski definition) is 16. The van der Waals surface area contributed by atoms with Crippen molar-refractivity contribution in [3.8, 4) is 11.1 Å². The molecule has 2 N–H and O–H groups in total. The lowest BCUT2D eigenvalue weighted by atomic mass is 9.79. The van der Waals surface area contributed by atoms with E-state index in [0.717, 1.165) is 96.5 Å². The van der Waals surface area contributed by atoms with E-state index < -0.39 is 44.5 Å². The summed E-state index contributed by atoms with van der Waals surface area (Å²) in [6.07, 6.45) is 24.9. The van der Waals surface area contributed by atoms with E-state index in [1.165, 1.54) is 15.6 Å². The molecule has 0 spiro atoms. The summed E-state index contributed by atoms with van der Waals surface area (Å²) in [4.78, 5) is 30.7. The second kappa shape index (κ2) is 46.3. The SMILES string of the molecule is BrP(Br)Br.CC(Br)c1ccccc1Br.CC(c1ccccc1-c1ccc(S(=O)(=O)N2CCCC2)cc1)N(c1cccnc1)c1cccnc1.CC(c1ccccc1Br)N(c1cccnc1)c1cccnc1.CC1(C)OB(c2ccc(S(=O)(=O)N3CCCC3)cc2)OC1(C)C.C[C@H](O)c1ccccc1Br.c1cncc(Nc2cccnc2)c1. The maximum Gasteiger partial charge on any atom is 0.494 e. The molecule has 18 nitrogen and oxygen atoms in total. The van der Waals surface area contributed by atoms with Crippen LogP contribution in [0.15, 0.2) is 316 Å². The van der Waals surface area contributed by atoms with Gasteiger partial charge in [0.15, 0.2) is 0 Å². The average Bonchev–Trinajstić information content (AvgIpc) is 1.69. The highest BCUT2D eigenvalue weighted by molar-refractivity contribution is 9.93. The molecular formula is C88H94BBr7N11O7PS2. The van der Waals surface area contributed by atoms with E-state index in [4.69, 9.17) is 9.31 Å². The number of nitrogens with zero attached hydrogens (tertiary/aromatic N) is 10. The molecule has 3 aliphatic rings. The van der Waals surface area contributed by atoms with Crippen molar-refractivity contribution in [1.82, 2.24) is 38.5 Å². The summed E-state index contributed by atoms with van der Waals surface area (Å²) in [6.45, 7) is 18.6. The third kappa shape index (κ3) is 27.3. The fraction of sp³-hybridized carbons (Fsp3) is 0.250. The van der Waals surface area contributed by atoms with Crippen LogP contribution in [0, 0.1) is 0 Å². The molecule has 3 aliphatic heterocycles. The third-order valence-corrected chi connectivity index (χ3v) is 26.0. The molecule has 29 heteroatoms. The maximum absolute atomic E-state index is 13.0. The number of halogens is 7. The summed E-state index contributed by atoms with van der Waals surface area (Å²) in [7, 11) is -7.28. The molecule has 6 aromatic heterocycles. The highest BCUT2D eigenvalue weighted by Crippen LogP contribution is 2.59. The number of sulfonamides is 2. The van der Waals surface area contributed by atoms with Crippen molar-refractivity contribution in [2.24, 2.45) is 0 Å². The second-order valence-corrected chi connectivity index (χ2v) is 51.2. The quantitative estimate of drug-likeness (QED) is 0.0465. The first-order valence-corrected chi connectivity index (χ1v) is 51.4. The minimum absolute atomic E-state index is 0.0346. The van der Waals surface area contributed by atoms with Crippen LogP contribution in [-0.2, 0) is 29.4 Å². The minimum Gasteiger partial charge on any atom is -0.399 e.